The average molecular weight is 497 g/mol. The molecule has 2 aromatic rings. The molecular weight excluding hydrogens is 440 g/mol. The van der Waals surface area contributed by atoms with Crippen LogP contribution in [-0.2, 0) is 35.5 Å². The summed E-state index contributed by atoms with van der Waals surface area (Å²) < 4.78 is 11.0. The molecule has 204 valence electrons. The number of aryl methyl sites for hydroxylation is 2. The third kappa shape index (κ3) is 16.2. The molecule has 0 spiro atoms. The van der Waals surface area contributed by atoms with Crippen molar-refractivity contribution in [2.24, 2.45) is 0 Å². The predicted octanol–water partition coefficient (Wildman–Crippen LogP) is 10.3. The summed E-state index contributed by atoms with van der Waals surface area (Å²) in [6.07, 6.45) is 18.6. The molecule has 0 amide bonds. The van der Waals surface area contributed by atoms with Crippen molar-refractivity contribution in [3.05, 3.63) is 70.8 Å². The molecule has 0 saturated heterocycles. The molecule has 2 nitrogen and oxygen atoms in total. The van der Waals surface area contributed by atoms with E-state index in [4.69, 9.17) is 9.47 Å². The standard InChI is InChI=1S/C30H46O.C4H10O/c1-3-5-7-9-11-13-19-27-21-15-17-23-29(27)25-31-26-30-24-18-16-22-28(30)20-14-12-10-8-6-4-2;1-3-5-4-2/h15-18,21-24H,3-14,19-20,25-26H2,1-2H3;3-4H2,1-2H3. The SMILES string of the molecule is CCCCCCCCc1ccccc1COCc1ccccc1CCCCCCCC.CCOCC. The Bertz CT molecular complexity index is 678. The molecule has 0 aromatic heterocycles. The Morgan fingerprint density at radius 3 is 1.14 bits per heavy atom. The van der Waals surface area contributed by atoms with E-state index in [-0.39, 0.29) is 0 Å². The first-order valence-corrected chi connectivity index (χ1v) is 15.1. The molecule has 0 N–H and O–H groups in total. The molecule has 0 aliphatic heterocycles. The fourth-order valence-corrected chi connectivity index (χ4v) is 4.55. The van der Waals surface area contributed by atoms with Crippen molar-refractivity contribution >= 4 is 0 Å². The van der Waals surface area contributed by atoms with Crippen molar-refractivity contribution in [3.8, 4) is 0 Å². The summed E-state index contributed by atoms with van der Waals surface area (Å²) in [5, 5.41) is 0. The van der Waals surface area contributed by atoms with Gasteiger partial charge in [0.15, 0.2) is 0 Å². The molecule has 0 unspecified atom stereocenters. The van der Waals surface area contributed by atoms with Gasteiger partial charge in [0.1, 0.15) is 0 Å². The quantitative estimate of drug-likeness (QED) is 0.170. The van der Waals surface area contributed by atoms with E-state index >= 15 is 0 Å². The first-order chi connectivity index (χ1) is 17.8. The van der Waals surface area contributed by atoms with Crippen LogP contribution in [0.1, 0.15) is 127 Å². The van der Waals surface area contributed by atoms with E-state index in [1.807, 2.05) is 13.8 Å². The van der Waals surface area contributed by atoms with Crippen molar-refractivity contribution in [2.45, 2.75) is 131 Å². The Labute approximate surface area is 224 Å². The van der Waals surface area contributed by atoms with Gasteiger partial charge in [0.2, 0.25) is 0 Å². The maximum atomic E-state index is 6.21. The van der Waals surface area contributed by atoms with Gasteiger partial charge in [0, 0.05) is 13.2 Å². The Morgan fingerprint density at radius 2 is 0.778 bits per heavy atom. The zero-order chi connectivity index (χ0) is 26.1. The van der Waals surface area contributed by atoms with Crippen molar-refractivity contribution in [2.75, 3.05) is 13.2 Å². The van der Waals surface area contributed by atoms with Gasteiger partial charge in [-0.25, -0.2) is 0 Å². The molecular formula is C34H56O2. The fraction of sp³-hybridized carbons (Fsp3) is 0.647. The Balaban J connectivity index is 0.00000118. The monoisotopic (exact) mass is 496 g/mol. The minimum atomic E-state index is 0.720. The molecule has 0 atom stereocenters. The Morgan fingerprint density at radius 1 is 0.417 bits per heavy atom. The molecule has 36 heavy (non-hydrogen) atoms. The van der Waals surface area contributed by atoms with Crippen LogP contribution in [0.15, 0.2) is 48.5 Å². The van der Waals surface area contributed by atoms with Gasteiger partial charge in [-0.3, -0.25) is 0 Å². The lowest BCUT2D eigenvalue weighted by molar-refractivity contribution is 0.106. The first-order valence-electron chi connectivity index (χ1n) is 15.1. The van der Waals surface area contributed by atoms with Gasteiger partial charge in [0.05, 0.1) is 13.2 Å². The van der Waals surface area contributed by atoms with E-state index in [9.17, 15) is 0 Å². The van der Waals surface area contributed by atoms with Gasteiger partial charge in [-0.15, -0.1) is 0 Å². The summed E-state index contributed by atoms with van der Waals surface area (Å²) in [6, 6.07) is 17.7. The molecule has 2 rings (SSSR count). The summed E-state index contributed by atoms with van der Waals surface area (Å²) in [4.78, 5) is 0. The van der Waals surface area contributed by atoms with Crippen LogP contribution in [0.3, 0.4) is 0 Å². The van der Waals surface area contributed by atoms with Gasteiger partial charge in [-0.05, 0) is 61.8 Å². The lowest BCUT2D eigenvalue weighted by Crippen LogP contribution is -2.01. The molecule has 2 heteroatoms. The second-order valence-electron chi connectivity index (χ2n) is 9.85. The maximum Gasteiger partial charge on any atom is 0.0724 e. The summed E-state index contributed by atoms with van der Waals surface area (Å²) in [5.74, 6) is 0. The highest BCUT2D eigenvalue weighted by Crippen LogP contribution is 2.18. The van der Waals surface area contributed by atoms with Crippen molar-refractivity contribution in [1.82, 2.24) is 0 Å². The van der Waals surface area contributed by atoms with Gasteiger partial charge < -0.3 is 9.47 Å². The molecule has 0 aliphatic carbocycles. The lowest BCUT2D eigenvalue weighted by atomic mass is 10.00. The van der Waals surface area contributed by atoms with Gasteiger partial charge in [0.25, 0.3) is 0 Å². The second-order valence-corrected chi connectivity index (χ2v) is 9.85. The molecule has 0 heterocycles. The Kier molecular flexibility index (Phi) is 21.4. The van der Waals surface area contributed by atoms with E-state index in [2.05, 4.69) is 62.4 Å². The third-order valence-electron chi connectivity index (χ3n) is 6.76. The maximum absolute atomic E-state index is 6.21. The number of ether oxygens (including phenoxy) is 2. The van der Waals surface area contributed by atoms with Gasteiger partial charge in [-0.1, -0.05) is 127 Å². The van der Waals surface area contributed by atoms with E-state index < -0.39 is 0 Å². The van der Waals surface area contributed by atoms with Crippen LogP contribution in [0.5, 0.6) is 0 Å². The largest absolute Gasteiger partial charge is 0.382 e. The number of hydrogen-bond acceptors (Lipinski definition) is 2. The Hall–Kier alpha value is -1.64. The molecule has 0 fully saturated rings. The van der Waals surface area contributed by atoms with Gasteiger partial charge >= 0.3 is 0 Å². The molecule has 0 saturated carbocycles. The number of benzene rings is 2. The van der Waals surface area contributed by atoms with Crippen LogP contribution in [0, 0.1) is 0 Å². The van der Waals surface area contributed by atoms with Crippen LogP contribution < -0.4 is 0 Å². The highest BCUT2D eigenvalue weighted by atomic mass is 16.5. The van der Waals surface area contributed by atoms with E-state index in [1.165, 1.54) is 112 Å². The van der Waals surface area contributed by atoms with Gasteiger partial charge in [-0.2, -0.15) is 0 Å². The zero-order valence-corrected chi connectivity index (χ0v) is 24.2. The number of unbranched alkanes of at least 4 members (excludes halogenated alkanes) is 10. The molecule has 0 aliphatic rings. The molecule has 2 aromatic carbocycles. The van der Waals surface area contributed by atoms with Crippen LogP contribution in [0.2, 0.25) is 0 Å². The third-order valence-corrected chi connectivity index (χ3v) is 6.76. The smallest absolute Gasteiger partial charge is 0.0724 e. The van der Waals surface area contributed by atoms with Crippen LogP contribution in [-0.4, -0.2) is 13.2 Å². The van der Waals surface area contributed by atoms with Crippen LogP contribution in [0.4, 0.5) is 0 Å². The predicted molar refractivity (Wildman–Crippen MR) is 158 cm³/mol. The topological polar surface area (TPSA) is 18.5 Å². The minimum absolute atomic E-state index is 0.720. The average Bonchev–Trinajstić information content (AvgIpc) is 2.90. The second kappa shape index (κ2) is 23.7. The van der Waals surface area contributed by atoms with Crippen LogP contribution >= 0.6 is 0 Å². The normalized spacial score (nSPS) is 10.8. The van der Waals surface area contributed by atoms with Crippen molar-refractivity contribution in [1.29, 1.82) is 0 Å². The summed E-state index contributed by atoms with van der Waals surface area (Å²) in [6.45, 7) is 11.7. The zero-order valence-electron chi connectivity index (χ0n) is 24.2. The highest BCUT2D eigenvalue weighted by Gasteiger charge is 2.05. The van der Waals surface area contributed by atoms with E-state index in [0.717, 1.165) is 26.4 Å². The fourth-order valence-electron chi connectivity index (χ4n) is 4.55. The summed E-state index contributed by atoms with van der Waals surface area (Å²) in [5.41, 5.74) is 5.67. The van der Waals surface area contributed by atoms with E-state index in [1.54, 1.807) is 0 Å². The first kappa shape index (κ1) is 32.4. The minimum Gasteiger partial charge on any atom is -0.382 e. The number of hydrogen-bond donors (Lipinski definition) is 0. The molecule has 0 bridgehead atoms. The van der Waals surface area contributed by atoms with Crippen LogP contribution in [0.25, 0.3) is 0 Å². The molecule has 0 radical (unpaired) electrons. The van der Waals surface area contributed by atoms with Crippen molar-refractivity contribution < 1.29 is 9.47 Å². The number of rotatable bonds is 20. The van der Waals surface area contributed by atoms with Crippen molar-refractivity contribution in [3.63, 3.8) is 0 Å². The summed E-state index contributed by atoms with van der Waals surface area (Å²) >= 11 is 0. The lowest BCUT2D eigenvalue weighted by Gasteiger charge is -2.13. The highest BCUT2D eigenvalue weighted by molar-refractivity contribution is 5.28. The van der Waals surface area contributed by atoms with E-state index in [0.29, 0.717) is 0 Å². The summed E-state index contributed by atoms with van der Waals surface area (Å²) in [7, 11) is 0.